The van der Waals surface area contributed by atoms with Crippen molar-refractivity contribution in [3.05, 3.63) is 211 Å². The molecule has 0 radical (unpaired) electrons. The van der Waals surface area contributed by atoms with Gasteiger partial charge in [-0.25, -0.2) is 0 Å². The van der Waals surface area contributed by atoms with E-state index in [1.807, 2.05) is 0 Å². The Hall–Kier alpha value is -7.10. The second kappa shape index (κ2) is 12.5. The second-order valence-corrected chi connectivity index (χ2v) is 15.5. The molecule has 0 spiro atoms. The van der Waals surface area contributed by atoms with Crippen molar-refractivity contribution >= 4 is 49.8 Å². The molecule has 3 heteroatoms. The van der Waals surface area contributed by atoms with Gasteiger partial charge < -0.3 is 14.0 Å². The summed E-state index contributed by atoms with van der Waals surface area (Å²) < 4.78 is 4.71. The maximum absolute atomic E-state index is 2.43. The van der Waals surface area contributed by atoms with Gasteiger partial charge in [-0.2, -0.15) is 0 Å². The van der Waals surface area contributed by atoms with Crippen molar-refractivity contribution in [1.82, 2.24) is 9.13 Å². The Morgan fingerprint density at radius 2 is 1.00 bits per heavy atom. The van der Waals surface area contributed by atoms with Crippen LogP contribution in [0.15, 0.2) is 200 Å². The molecule has 0 unspecified atom stereocenters. The van der Waals surface area contributed by atoms with Crippen molar-refractivity contribution in [2.75, 3.05) is 4.90 Å². The van der Waals surface area contributed by atoms with E-state index in [1.165, 1.54) is 66.1 Å². The van der Waals surface area contributed by atoms with Crippen molar-refractivity contribution in [3.63, 3.8) is 0 Å². The highest BCUT2D eigenvalue weighted by Crippen LogP contribution is 2.51. The van der Waals surface area contributed by atoms with Crippen LogP contribution in [0.5, 0.6) is 0 Å². The Morgan fingerprint density at radius 1 is 0.411 bits per heavy atom. The molecule has 0 amide bonds. The lowest BCUT2D eigenvalue weighted by molar-refractivity contribution is 0.660. The monoisotopic (exact) mass is 717 g/mol. The van der Waals surface area contributed by atoms with Crippen LogP contribution in [0.1, 0.15) is 25.0 Å². The van der Waals surface area contributed by atoms with Crippen LogP contribution in [0, 0.1) is 0 Å². The Bertz CT molecular complexity index is 3080. The molecule has 1 aliphatic carbocycles. The maximum atomic E-state index is 2.43. The van der Waals surface area contributed by atoms with E-state index in [-0.39, 0.29) is 5.41 Å². The van der Waals surface area contributed by atoms with Crippen LogP contribution in [0.25, 0.3) is 66.3 Å². The van der Waals surface area contributed by atoms with Crippen molar-refractivity contribution in [3.8, 4) is 33.6 Å². The molecule has 2 aromatic heterocycles. The third-order valence-electron chi connectivity index (χ3n) is 11.9. The van der Waals surface area contributed by atoms with Crippen LogP contribution >= 0.6 is 0 Å². The van der Waals surface area contributed by atoms with Crippen LogP contribution < -0.4 is 4.90 Å². The van der Waals surface area contributed by atoms with Gasteiger partial charge in [0, 0.05) is 56.2 Å². The summed E-state index contributed by atoms with van der Waals surface area (Å²) in [6.45, 7) is 4.72. The van der Waals surface area contributed by atoms with Gasteiger partial charge in [0.15, 0.2) is 0 Å². The Labute approximate surface area is 327 Å². The van der Waals surface area contributed by atoms with Crippen LogP contribution in [0.4, 0.5) is 17.1 Å². The molecule has 0 bridgehead atoms. The molecule has 0 N–H and O–H groups in total. The molecule has 56 heavy (non-hydrogen) atoms. The van der Waals surface area contributed by atoms with Crippen LogP contribution in [-0.4, -0.2) is 9.13 Å². The van der Waals surface area contributed by atoms with E-state index in [9.17, 15) is 0 Å². The number of hydrogen-bond donors (Lipinski definition) is 0. The molecule has 0 atom stereocenters. The highest BCUT2D eigenvalue weighted by molar-refractivity contribution is 6.14. The van der Waals surface area contributed by atoms with Crippen molar-refractivity contribution < 1.29 is 0 Å². The highest BCUT2D eigenvalue weighted by Gasteiger charge is 2.35. The van der Waals surface area contributed by atoms with E-state index in [4.69, 9.17) is 0 Å². The fraction of sp³-hybridized carbons (Fsp3) is 0.0566. The SMILES string of the molecule is CC1(C)c2ccccc2-c2ccc(N(c3ccc(-c4ccccc4)cc3)c3ccc4c(c3)c3cc5ccn(-c6ccccc6)c5cc3n4-c3ccccc3)cc21. The first-order valence-corrected chi connectivity index (χ1v) is 19.4. The summed E-state index contributed by atoms with van der Waals surface area (Å²) in [7, 11) is 0. The van der Waals surface area contributed by atoms with Crippen LogP contribution in [-0.2, 0) is 5.41 Å². The number of fused-ring (bicyclic) bond motifs is 7. The van der Waals surface area contributed by atoms with Gasteiger partial charge in [-0.15, -0.1) is 0 Å². The summed E-state index contributed by atoms with van der Waals surface area (Å²) in [5.41, 5.74) is 16.9. The lowest BCUT2D eigenvalue weighted by atomic mass is 9.82. The zero-order valence-electron chi connectivity index (χ0n) is 31.4. The van der Waals surface area contributed by atoms with E-state index in [0.717, 1.165) is 28.4 Å². The largest absolute Gasteiger partial charge is 0.316 e. The molecule has 10 aromatic rings. The Balaban J connectivity index is 1.13. The summed E-state index contributed by atoms with van der Waals surface area (Å²) >= 11 is 0. The minimum Gasteiger partial charge on any atom is -0.316 e. The minimum atomic E-state index is -0.112. The first-order valence-electron chi connectivity index (χ1n) is 19.4. The number of para-hydroxylation sites is 2. The number of benzene rings is 8. The third kappa shape index (κ3) is 4.98. The van der Waals surface area contributed by atoms with E-state index in [2.05, 4.69) is 228 Å². The van der Waals surface area contributed by atoms with E-state index >= 15 is 0 Å². The van der Waals surface area contributed by atoms with Gasteiger partial charge in [-0.05, 0) is 118 Å². The third-order valence-corrected chi connectivity index (χ3v) is 11.9. The summed E-state index contributed by atoms with van der Waals surface area (Å²) in [6.07, 6.45) is 2.19. The zero-order chi connectivity index (χ0) is 37.4. The highest BCUT2D eigenvalue weighted by atomic mass is 15.1. The van der Waals surface area contributed by atoms with Gasteiger partial charge in [0.2, 0.25) is 0 Å². The molecule has 0 fully saturated rings. The lowest BCUT2D eigenvalue weighted by Crippen LogP contribution is -2.16. The Morgan fingerprint density at radius 3 is 1.77 bits per heavy atom. The Kier molecular flexibility index (Phi) is 7.20. The quantitative estimate of drug-likeness (QED) is 0.167. The first kappa shape index (κ1) is 32.3. The average molecular weight is 718 g/mol. The number of hydrogen-bond acceptors (Lipinski definition) is 1. The number of aromatic nitrogens is 2. The smallest absolute Gasteiger partial charge is 0.0562 e. The minimum absolute atomic E-state index is 0.112. The molecule has 266 valence electrons. The molecule has 0 saturated carbocycles. The van der Waals surface area contributed by atoms with Gasteiger partial charge in [0.25, 0.3) is 0 Å². The maximum Gasteiger partial charge on any atom is 0.0562 e. The van der Waals surface area contributed by atoms with E-state index in [0.29, 0.717) is 0 Å². The van der Waals surface area contributed by atoms with Crippen molar-refractivity contribution in [2.45, 2.75) is 19.3 Å². The van der Waals surface area contributed by atoms with Gasteiger partial charge in [0.1, 0.15) is 0 Å². The predicted molar refractivity (Wildman–Crippen MR) is 235 cm³/mol. The normalized spacial score (nSPS) is 13.0. The molecule has 8 aromatic carbocycles. The number of anilines is 3. The fourth-order valence-electron chi connectivity index (χ4n) is 9.16. The summed E-state index contributed by atoms with van der Waals surface area (Å²) in [4.78, 5) is 2.43. The molecule has 11 rings (SSSR count). The van der Waals surface area contributed by atoms with Crippen LogP contribution in [0.3, 0.4) is 0 Å². The predicted octanol–water partition coefficient (Wildman–Crippen LogP) is 14.2. The first-order chi connectivity index (χ1) is 27.5. The summed E-state index contributed by atoms with van der Waals surface area (Å²) in [5, 5.41) is 3.66. The van der Waals surface area contributed by atoms with Gasteiger partial charge in [-0.1, -0.05) is 123 Å². The molecular formula is C53H39N3. The molecule has 0 saturated heterocycles. The van der Waals surface area contributed by atoms with Crippen molar-refractivity contribution in [2.24, 2.45) is 0 Å². The lowest BCUT2D eigenvalue weighted by Gasteiger charge is -2.28. The van der Waals surface area contributed by atoms with E-state index in [1.54, 1.807) is 0 Å². The summed E-state index contributed by atoms with van der Waals surface area (Å²) in [6, 6.07) is 70.9. The average Bonchev–Trinajstić information content (AvgIpc) is 3.89. The molecule has 2 heterocycles. The number of rotatable bonds is 6. The van der Waals surface area contributed by atoms with E-state index < -0.39 is 0 Å². The fourth-order valence-corrected chi connectivity index (χ4v) is 9.16. The number of nitrogens with zero attached hydrogens (tertiary/aromatic N) is 3. The van der Waals surface area contributed by atoms with Gasteiger partial charge >= 0.3 is 0 Å². The molecular weight excluding hydrogens is 679 g/mol. The van der Waals surface area contributed by atoms with Gasteiger partial charge in [-0.3, -0.25) is 0 Å². The summed E-state index contributed by atoms with van der Waals surface area (Å²) in [5.74, 6) is 0. The zero-order valence-corrected chi connectivity index (χ0v) is 31.4. The molecule has 3 nitrogen and oxygen atoms in total. The standard InChI is InChI=1S/C53H39N3/c1-53(2)48-21-13-12-20-44(48)45-28-26-43(34-49(45)53)55(41-24-22-37(23-25-41)36-14-6-3-7-15-36)42-27-29-50-47(33-42)46-32-38-30-31-54(39-16-8-4-9-17-39)51(38)35-52(46)56(50)40-18-10-5-11-19-40/h3-35H,1-2H3. The van der Waals surface area contributed by atoms with Crippen molar-refractivity contribution in [1.29, 1.82) is 0 Å². The molecule has 0 aliphatic heterocycles. The second-order valence-electron chi connectivity index (χ2n) is 15.5. The van der Waals surface area contributed by atoms with Crippen LogP contribution in [0.2, 0.25) is 0 Å². The van der Waals surface area contributed by atoms with Gasteiger partial charge in [0.05, 0.1) is 16.6 Å². The molecule has 1 aliphatic rings. The topological polar surface area (TPSA) is 13.1 Å².